The largest absolute Gasteiger partial charge is 0.417 e. The molecule has 0 bridgehead atoms. The van der Waals surface area contributed by atoms with Crippen LogP contribution in [0.15, 0.2) is 60.7 Å². The molecule has 0 amide bonds. The maximum Gasteiger partial charge on any atom is 0.261 e. The van der Waals surface area contributed by atoms with Gasteiger partial charge in [-0.3, -0.25) is 0 Å². The first-order chi connectivity index (χ1) is 13.8. The van der Waals surface area contributed by atoms with Crippen LogP contribution in [0.5, 0.6) is 0 Å². The van der Waals surface area contributed by atoms with Crippen LogP contribution >= 0.6 is 0 Å². The molecule has 0 aliphatic heterocycles. The molecule has 0 saturated carbocycles. The van der Waals surface area contributed by atoms with Gasteiger partial charge in [-0.15, -0.1) is 0 Å². The molecule has 0 aliphatic carbocycles. The maximum absolute atomic E-state index is 7.15. The van der Waals surface area contributed by atoms with E-state index < -0.39 is 16.6 Å². The van der Waals surface area contributed by atoms with Gasteiger partial charge in [0.05, 0.1) is 0 Å². The minimum atomic E-state index is -2.49. The molecule has 0 aromatic heterocycles. The summed E-state index contributed by atoms with van der Waals surface area (Å²) in [5.74, 6) is 0. The fraction of sp³-hybridized carbons (Fsp3) is 0.538. The van der Waals surface area contributed by atoms with Crippen molar-refractivity contribution in [1.82, 2.24) is 0 Å². The second-order valence-corrected chi connectivity index (χ2v) is 20.1. The molecule has 166 valence electrons. The van der Waals surface area contributed by atoms with Crippen LogP contribution in [0.25, 0.3) is 0 Å². The Hall–Kier alpha value is -1.21. The third-order valence-corrected chi connectivity index (χ3v) is 16.3. The van der Waals surface area contributed by atoms with Crippen molar-refractivity contribution >= 4 is 27.0 Å². The smallest absolute Gasteiger partial charge is 0.261 e. The first-order valence-electron chi connectivity index (χ1n) is 11.2. The van der Waals surface area contributed by atoms with Crippen LogP contribution in [0.2, 0.25) is 23.2 Å². The van der Waals surface area contributed by atoms with Gasteiger partial charge in [0.25, 0.3) is 8.32 Å². The second kappa shape index (κ2) is 9.51. The zero-order chi connectivity index (χ0) is 22.6. The molecule has 2 aromatic rings. The summed E-state index contributed by atoms with van der Waals surface area (Å²) in [7, 11) is -4.23. The van der Waals surface area contributed by atoms with E-state index in [0.29, 0.717) is 0 Å². The first kappa shape index (κ1) is 25.1. The average molecular weight is 443 g/mol. The molecule has 30 heavy (non-hydrogen) atoms. The Labute approximate surface area is 187 Å². The SMILES string of the molecule is CC(CCO[Si](C)(C)C(C)(C)C)O[Si](c1ccccc1)(c1ccccc1)C(C)(C)C. The molecule has 2 rings (SSSR count). The standard InChI is InChI=1S/C26H42O2Si2/c1-22(20-21-27-29(8,9)25(2,3)4)28-30(26(5,6)7,23-16-12-10-13-17-23)24-18-14-11-15-19-24/h10-19,22H,20-21H2,1-9H3. The lowest BCUT2D eigenvalue weighted by Crippen LogP contribution is -2.67. The first-order valence-corrected chi connectivity index (χ1v) is 16.1. The Balaban J connectivity index is 2.33. The zero-order valence-electron chi connectivity index (χ0n) is 20.6. The van der Waals surface area contributed by atoms with Crippen molar-refractivity contribution in [2.75, 3.05) is 6.61 Å². The van der Waals surface area contributed by atoms with E-state index in [1.165, 1.54) is 10.4 Å². The van der Waals surface area contributed by atoms with E-state index in [-0.39, 0.29) is 16.2 Å². The van der Waals surface area contributed by atoms with E-state index in [0.717, 1.165) is 13.0 Å². The molecule has 0 fully saturated rings. The Kier molecular flexibility index (Phi) is 7.95. The van der Waals surface area contributed by atoms with Crippen molar-refractivity contribution in [3.8, 4) is 0 Å². The van der Waals surface area contributed by atoms with E-state index in [9.17, 15) is 0 Å². The molecule has 2 nitrogen and oxygen atoms in total. The van der Waals surface area contributed by atoms with Crippen molar-refractivity contribution in [3.05, 3.63) is 60.7 Å². The quantitative estimate of drug-likeness (QED) is 0.443. The van der Waals surface area contributed by atoms with Crippen molar-refractivity contribution in [2.45, 2.75) is 84.2 Å². The highest BCUT2D eigenvalue weighted by molar-refractivity contribution is 6.99. The van der Waals surface area contributed by atoms with Gasteiger partial charge in [-0.1, -0.05) is 102 Å². The summed E-state index contributed by atoms with van der Waals surface area (Å²) in [5, 5.41) is 2.90. The molecule has 0 heterocycles. The average Bonchev–Trinajstić information content (AvgIpc) is 2.65. The molecule has 1 unspecified atom stereocenters. The molecule has 0 saturated heterocycles. The van der Waals surface area contributed by atoms with Crippen LogP contribution in [0.4, 0.5) is 0 Å². The van der Waals surface area contributed by atoms with Crippen LogP contribution in [0, 0.1) is 0 Å². The predicted molar refractivity (Wildman–Crippen MR) is 136 cm³/mol. The third kappa shape index (κ3) is 5.53. The molecule has 1 atom stereocenters. The van der Waals surface area contributed by atoms with Crippen molar-refractivity contribution in [3.63, 3.8) is 0 Å². The predicted octanol–water partition coefficient (Wildman–Crippen LogP) is 6.36. The van der Waals surface area contributed by atoms with Crippen LogP contribution in [-0.2, 0) is 8.85 Å². The van der Waals surface area contributed by atoms with Crippen molar-refractivity contribution in [2.24, 2.45) is 0 Å². The van der Waals surface area contributed by atoms with Crippen molar-refractivity contribution in [1.29, 1.82) is 0 Å². The summed E-state index contributed by atoms with van der Waals surface area (Å²) in [6.45, 7) is 21.5. The van der Waals surface area contributed by atoms with Crippen LogP contribution in [0.3, 0.4) is 0 Å². The van der Waals surface area contributed by atoms with Gasteiger partial charge in [-0.25, -0.2) is 0 Å². The highest BCUT2D eigenvalue weighted by Gasteiger charge is 2.51. The summed E-state index contributed by atoms with van der Waals surface area (Å²) in [4.78, 5) is 0. The van der Waals surface area contributed by atoms with Gasteiger partial charge in [0.15, 0.2) is 8.32 Å². The molecular formula is C26H42O2Si2. The number of hydrogen-bond acceptors (Lipinski definition) is 2. The Morgan fingerprint density at radius 3 is 1.53 bits per heavy atom. The summed E-state index contributed by atoms with van der Waals surface area (Å²) >= 11 is 0. The van der Waals surface area contributed by atoms with E-state index in [4.69, 9.17) is 8.85 Å². The highest BCUT2D eigenvalue weighted by Crippen LogP contribution is 2.39. The van der Waals surface area contributed by atoms with Gasteiger partial charge < -0.3 is 8.85 Å². The Morgan fingerprint density at radius 2 is 1.17 bits per heavy atom. The second-order valence-electron chi connectivity index (χ2n) is 11.0. The van der Waals surface area contributed by atoms with E-state index >= 15 is 0 Å². The topological polar surface area (TPSA) is 18.5 Å². The minimum absolute atomic E-state index is 0.00422. The molecule has 0 aliphatic rings. The Bertz CT molecular complexity index is 735. The third-order valence-electron chi connectivity index (χ3n) is 6.59. The van der Waals surface area contributed by atoms with Gasteiger partial charge >= 0.3 is 0 Å². The lowest BCUT2D eigenvalue weighted by molar-refractivity contribution is 0.161. The Morgan fingerprint density at radius 1 is 0.733 bits per heavy atom. The van der Waals surface area contributed by atoms with Crippen LogP contribution in [-0.4, -0.2) is 29.3 Å². The van der Waals surface area contributed by atoms with Crippen LogP contribution in [0.1, 0.15) is 54.9 Å². The maximum atomic E-state index is 7.15. The fourth-order valence-electron chi connectivity index (χ4n) is 3.75. The van der Waals surface area contributed by atoms with Crippen LogP contribution < -0.4 is 10.4 Å². The van der Waals surface area contributed by atoms with Gasteiger partial charge in [0.2, 0.25) is 0 Å². The lowest BCUT2D eigenvalue weighted by Gasteiger charge is -2.45. The van der Waals surface area contributed by atoms with E-state index in [1.807, 2.05) is 0 Å². The normalized spacial score (nSPS) is 14.6. The van der Waals surface area contributed by atoms with E-state index in [1.54, 1.807) is 0 Å². The summed E-state index contributed by atoms with van der Waals surface area (Å²) in [6.07, 6.45) is 1.04. The van der Waals surface area contributed by atoms with Gasteiger partial charge in [-0.2, -0.15) is 0 Å². The highest BCUT2D eigenvalue weighted by atomic mass is 28.4. The van der Waals surface area contributed by atoms with Gasteiger partial charge in [0, 0.05) is 12.7 Å². The minimum Gasteiger partial charge on any atom is -0.417 e. The molecule has 0 radical (unpaired) electrons. The molecule has 0 N–H and O–H groups in total. The molecule has 2 aromatic carbocycles. The fourth-order valence-corrected chi connectivity index (χ4v) is 9.55. The number of hydrogen-bond donors (Lipinski definition) is 0. The summed E-state index contributed by atoms with van der Waals surface area (Å²) < 4.78 is 13.6. The van der Waals surface area contributed by atoms with Gasteiger partial charge in [-0.05, 0) is 46.9 Å². The monoisotopic (exact) mass is 442 g/mol. The lowest BCUT2D eigenvalue weighted by atomic mass is 10.2. The summed E-state index contributed by atoms with van der Waals surface area (Å²) in [5.41, 5.74) is 0. The van der Waals surface area contributed by atoms with Crippen molar-refractivity contribution < 1.29 is 8.85 Å². The molecule has 0 spiro atoms. The summed E-state index contributed by atoms with van der Waals surface area (Å²) in [6, 6.07) is 21.8. The number of benzene rings is 2. The molecule has 4 heteroatoms. The molecular weight excluding hydrogens is 400 g/mol. The van der Waals surface area contributed by atoms with Gasteiger partial charge in [0.1, 0.15) is 0 Å². The zero-order valence-corrected chi connectivity index (χ0v) is 22.6. The van der Waals surface area contributed by atoms with E-state index in [2.05, 4.69) is 122 Å². The number of rotatable bonds is 8.